The lowest BCUT2D eigenvalue weighted by Gasteiger charge is -2.33. The van der Waals surface area contributed by atoms with E-state index in [1.165, 1.54) is 4.90 Å². The molecule has 0 radical (unpaired) electrons. The molecule has 6 rings (SSSR count). The molecule has 5 N–H and O–H groups in total. The standard InChI is InChI=1S/C41H43ClN4O5.C9H19NO2.C5H10N2O2.C3H6.C2H6O/c1-24-20-26-6-18-36(50-4)33(21-26)34-22-31(15-19-37(34)51-5)38(41(49)45-25(2)39(47)44-24)46(3)35(29-9-10-29)23-43-40(48)30-11-7-27(8-12-30)28-13-16-32(42)17-14-28;1-5-6-7-10-8(11)12-9(2,3)4;1-7(2)5(9)3-6-4-8;2*1-3-2/h6-8,11-19,21-22,24-25,38H,9-10,20,23H2,1-5H3,(H,43,48)(H,44,47)(H,45,49);5-7H2,1-4H3,(H,10,11);4H,3H2,1-2H3,(H,6,8);3H,1H2,2H3;1-2H3/t24?,25-,38?;;;;/m0..../s1. The zero-order valence-electron chi connectivity index (χ0n) is 48.2. The molecule has 4 bridgehead atoms. The first-order chi connectivity index (χ1) is 37.0. The van der Waals surface area contributed by atoms with Crippen LogP contribution in [-0.4, -0.2) is 133 Å². The Morgan fingerprint density at radius 3 is 1.86 bits per heavy atom. The highest BCUT2D eigenvalue weighted by atomic mass is 35.5. The van der Waals surface area contributed by atoms with Gasteiger partial charge >= 0.3 is 6.09 Å². The number of amides is 6. The van der Waals surface area contributed by atoms with Crippen molar-refractivity contribution < 1.29 is 47.7 Å². The molecule has 2 unspecified atom stereocenters. The highest BCUT2D eigenvalue weighted by Gasteiger charge is 2.33. The van der Waals surface area contributed by atoms with Crippen molar-refractivity contribution in [2.75, 3.05) is 69.2 Å². The van der Waals surface area contributed by atoms with Crippen LogP contribution in [0.4, 0.5) is 4.79 Å². The minimum atomic E-state index is -0.835. The molecule has 1 aliphatic carbocycles. The summed E-state index contributed by atoms with van der Waals surface area (Å²) in [5.41, 5.74) is 7.42. The Morgan fingerprint density at radius 1 is 0.795 bits per heavy atom. The van der Waals surface area contributed by atoms with Crippen molar-refractivity contribution >= 4 is 47.7 Å². The number of hydrogen-bond acceptors (Lipinski definition) is 11. The molecule has 78 heavy (non-hydrogen) atoms. The van der Waals surface area contributed by atoms with Crippen LogP contribution in [0.3, 0.4) is 0 Å². The normalized spacial score (nSPS) is 15.1. The van der Waals surface area contributed by atoms with E-state index in [-0.39, 0.29) is 48.9 Å². The lowest BCUT2D eigenvalue weighted by molar-refractivity contribution is -0.131. The second kappa shape index (κ2) is 34.4. The number of alkyl carbamates (subject to hydrolysis) is 1. The molecule has 426 valence electrons. The number of carbonyl (C=O) groups is 6. The molecule has 1 heterocycles. The molecule has 0 saturated heterocycles. The minimum absolute atomic E-state index is 0.0799. The van der Waals surface area contributed by atoms with Crippen molar-refractivity contribution in [1.29, 1.82) is 0 Å². The van der Waals surface area contributed by atoms with Crippen molar-refractivity contribution in [3.05, 3.63) is 131 Å². The largest absolute Gasteiger partial charge is 0.496 e. The maximum atomic E-state index is 14.3. The van der Waals surface area contributed by atoms with Gasteiger partial charge in [0.25, 0.3) is 5.91 Å². The van der Waals surface area contributed by atoms with Crippen molar-refractivity contribution in [3.63, 3.8) is 0 Å². The van der Waals surface area contributed by atoms with Gasteiger partial charge in [-0.1, -0.05) is 67.4 Å². The molecule has 1 saturated carbocycles. The number of nitrogens with one attached hydrogen (secondary N) is 5. The Labute approximate surface area is 467 Å². The first-order valence-corrected chi connectivity index (χ1v) is 26.3. The van der Waals surface area contributed by atoms with Gasteiger partial charge in [0.15, 0.2) is 0 Å². The fourth-order valence-corrected chi connectivity index (χ4v) is 7.70. The molecule has 17 nitrogen and oxygen atoms in total. The zero-order valence-corrected chi connectivity index (χ0v) is 48.9. The molecule has 6 amide bonds. The molecule has 4 aromatic carbocycles. The van der Waals surface area contributed by atoms with Crippen LogP contribution < -0.4 is 36.1 Å². The van der Waals surface area contributed by atoms with Crippen LogP contribution in [0.1, 0.15) is 102 Å². The molecule has 18 heteroatoms. The maximum absolute atomic E-state index is 14.3. The van der Waals surface area contributed by atoms with E-state index in [0.29, 0.717) is 47.0 Å². The van der Waals surface area contributed by atoms with Gasteiger partial charge < -0.3 is 55.3 Å². The fourth-order valence-electron chi connectivity index (χ4n) is 7.58. The highest BCUT2D eigenvalue weighted by molar-refractivity contribution is 6.30. The number of hydrogen-bond donors (Lipinski definition) is 5. The molecule has 1 fully saturated rings. The Hall–Kier alpha value is -7.37. The number of fused-ring (bicyclic) bond motifs is 5. The molecule has 2 aliphatic rings. The predicted molar refractivity (Wildman–Crippen MR) is 311 cm³/mol. The Balaban J connectivity index is 0.000000635. The molecular formula is C60H84ClN7O10. The predicted octanol–water partition coefficient (Wildman–Crippen LogP) is 9.29. The van der Waals surface area contributed by atoms with E-state index in [1.807, 2.05) is 119 Å². The molecule has 3 atom stereocenters. The maximum Gasteiger partial charge on any atom is 0.407 e. The number of methoxy groups -OCH3 is 3. The van der Waals surface area contributed by atoms with Crippen LogP contribution in [0.2, 0.25) is 5.02 Å². The summed E-state index contributed by atoms with van der Waals surface area (Å²) < 4.78 is 20.9. The fraction of sp³-hybridized carbons (Fsp3) is 0.433. The summed E-state index contributed by atoms with van der Waals surface area (Å²) in [5.74, 6) is 0.345. The van der Waals surface area contributed by atoms with Crippen LogP contribution in [0, 0.1) is 0 Å². The average molecular weight is 1100 g/mol. The summed E-state index contributed by atoms with van der Waals surface area (Å²) in [6.45, 7) is 17.5. The van der Waals surface area contributed by atoms with E-state index in [4.69, 9.17) is 25.8 Å². The number of benzene rings is 4. The van der Waals surface area contributed by atoms with Gasteiger partial charge in [-0.2, -0.15) is 0 Å². The molecule has 0 spiro atoms. The van der Waals surface area contributed by atoms with Gasteiger partial charge in [-0.25, -0.2) is 4.79 Å². The number of ether oxygens (including phenoxy) is 4. The van der Waals surface area contributed by atoms with Crippen LogP contribution in [-0.2, 0) is 35.1 Å². The smallest absolute Gasteiger partial charge is 0.407 e. The second-order valence-corrected chi connectivity index (χ2v) is 20.0. The SMILES string of the molecule is C=CC.CCCCNC(=O)OC(C)(C)C.CN(C)C(=O)CNC=O.COC.COc1ccc2cc1-c1cc(ccc1OC)C(N(C)C(CNC(=O)c1ccc(-c3ccc(Cl)cc3)cc1)=C1CC1)C(=O)N[C@@H](C)C(=O)NC(C)C2. The Morgan fingerprint density at radius 2 is 1.35 bits per heavy atom. The number of allylic oxidation sites excluding steroid dienone is 2. The first kappa shape index (κ1) is 66.7. The van der Waals surface area contributed by atoms with E-state index in [9.17, 15) is 28.8 Å². The van der Waals surface area contributed by atoms with Gasteiger partial charge in [0.2, 0.25) is 24.1 Å². The third-order valence-corrected chi connectivity index (χ3v) is 11.8. The number of unbranched alkanes of at least 4 members (excludes halogenated alkanes) is 1. The van der Waals surface area contributed by atoms with Gasteiger partial charge in [-0.3, -0.25) is 24.0 Å². The number of nitrogens with zero attached hydrogens (tertiary/aromatic N) is 2. The first-order valence-electron chi connectivity index (χ1n) is 25.9. The van der Waals surface area contributed by atoms with Crippen LogP contribution >= 0.6 is 11.6 Å². The van der Waals surface area contributed by atoms with E-state index < -0.39 is 17.7 Å². The van der Waals surface area contributed by atoms with Gasteiger partial charge in [-0.05, 0) is 144 Å². The van der Waals surface area contributed by atoms with Gasteiger partial charge in [0.1, 0.15) is 29.2 Å². The summed E-state index contributed by atoms with van der Waals surface area (Å²) in [7, 11) is 11.6. The molecule has 1 aliphatic heterocycles. The zero-order chi connectivity index (χ0) is 58.5. The summed E-state index contributed by atoms with van der Waals surface area (Å²) >= 11 is 6.05. The average Bonchev–Trinajstić information content (AvgIpc) is 4.24. The number of rotatable bonds is 14. The van der Waals surface area contributed by atoms with Crippen molar-refractivity contribution in [2.24, 2.45) is 0 Å². The minimum Gasteiger partial charge on any atom is -0.496 e. The topological polar surface area (TPSA) is 206 Å². The van der Waals surface area contributed by atoms with Crippen molar-refractivity contribution in [2.45, 2.75) is 104 Å². The van der Waals surface area contributed by atoms with E-state index in [1.54, 1.807) is 67.7 Å². The Bertz CT molecular complexity index is 2590. The van der Waals surface area contributed by atoms with E-state index in [0.717, 1.165) is 64.8 Å². The summed E-state index contributed by atoms with van der Waals surface area (Å²) in [6, 6.07) is 24.8. The summed E-state index contributed by atoms with van der Waals surface area (Å²) in [4.78, 5) is 75.5. The third kappa shape index (κ3) is 23.1. The summed E-state index contributed by atoms with van der Waals surface area (Å²) in [6.07, 6.45) is 6.33. The van der Waals surface area contributed by atoms with Gasteiger partial charge in [0.05, 0.1) is 27.3 Å². The molecule has 4 aromatic rings. The van der Waals surface area contributed by atoms with Crippen molar-refractivity contribution in [1.82, 2.24) is 36.4 Å². The molecule has 0 aromatic heterocycles. The van der Waals surface area contributed by atoms with Crippen LogP contribution in [0.15, 0.2) is 109 Å². The number of carbonyl (C=O) groups excluding carboxylic acids is 6. The third-order valence-electron chi connectivity index (χ3n) is 11.5. The monoisotopic (exact) mass is 1100 g/mol. The lowest BCUT2D eigenvalue weighted by atomic mass is 9.93. The second-order valence-electron chi connectivity index (χ2n) is 19.6. The van der Waals surface area contributed by atoms with Gasteiger partial charge in [-0.15, -0.1) is 6.58 Å². The number of likely N-dealkylation sites (N-methyl/N-ethyl adjacent to an activating group) is 2. The quantitative estimate of drug-likeness (QED) is 0.0457. The van der Waals surface area contributed by atoms with Crippen molar-refractivity contribution in [3.8, 4) is 33.8 Å². The molecular weight excluding hydrogens is 1010 g/mol. The van der Waals surface area contributed by atoms with Crippen LogP contribution in [0.5, 0.6) is 11.5 Å². The summed E-state index contributed by atoms with van der Waals surface area (Å²) in [5, 5.41) is 14.7. The van der Waals surface area contributed by atoms with Crippen LogP contribution in [0.25, 0.3) is 22.3 Å². The van der Waals surface area contributed by atoms with Gasteiger partial charge in [0, 0.05) is 75.4 Å². The van der Waals surface area contributed by atoms with E-state index in [2.05, 4.69) is 44.8 Å². The van der Waals surface area contributed by atoms with E-state index >= 15 is 0 Å². The number of halogens is 1. The lowest BCUT2D eigenvalue weighted by Crippen LogP contribution is -2.50. The Kier molecular flexibility index (Phi) is 29.4. The highest BCUT2D eigenvalue weighted by Crippen LogP contribution is 2.41.